The van der Waals surface area contributed by atoms with E-state index in [2.05, 4.69) is 30.3 Å². The number of carbonyl (C=O) groups is 1. The van der Waals surface area contributed by atoms with Gasteiger partial charge in [-0.1, -0.05) is 79.7 Å². The Balaban J connectivity index is 1.95. The van der Waals surface area contributed by atoms with Gasteiger partial charge in [-0.3, -0.25) is 4.79 Å². The molecule has 0 aliphatic carbocycles. The summed E-state index contributed by atoms with van der Waals surface area (Å²) in [5.41, 5.74) is 4.53. The summed E-state index contributed by atoms with van der Waals surface area (Å²) in [6.45, 7) is 1.78. The number of rotatable bonds is 5. The van der Waals surface area contributed by atoms with Gasteiger partial charge in [0, 0.05) is 6.42 Å². The van der Waals surface area contributed by atoms with E-state index in [9.17, 15) is 4.79 Å². The SMILES string of the molecule is CCC(=O)Oc1ccc(C=C(c2ccccc2)c2ccccc2)cc1. The van der Waals surface area contributed by atoms with Crippen molar-refractivity contribution in [2.45, 2.75) is 13.3 Å². The van der Waals surface area contributed by atoms with Gasteiger partial charge in [-0.05, 0) is 40.5 Å². The third-order valence-electron chi connectivity index (χ3n) is 3.88. The standard InChI is InChI=1S/C23H20O2/c1-2-23(24)25-21-15-13-18(14-16-21)17-22(19-9-5-3-6-10-19)20-11-7-4-8-12-20/h3-17H,2H2,1H3. The molecule has 0 aromatic heterocycles. The number of hydrogen-bond acceptors (Lipinski definition) is 2. The molecule has 0 heterocycles. The first-order valence-corrected chi connectivity index (χ1v) is 8.39. The van der Waals surface area contributed by atoms with E-state index in [1.807, 2.05) is 60.7 Å². The van der Waals surface area contributed by atoms with Gasteiger partial charge in [0.1, 0.15) is 5.75 Å². The van der Waals surface area contributed by atoms with E-state index in [-0.39, 0.29) is 5.97 Å². The lowest BCUT2D eigenvalue weighted by atomic mass is 9.96. The molecule has 0 unspecified atom stereocenters. The highest BCUT2D eigenvalue weighted by molar-refractivity contribution is 5.91. The molecule has 0 aliphatic heterocycles. The van der Waals surface area contributed by atoms with Gasteiger partial charge in [-0.15, -0.1) is 0 Å². The molecule has 25 heavy (non-hydrogen) atoms. The average Bonchev–Trinajstić information content (AvgIpc) is 2.68. The second kappa shape index (κ2) is 8.11. The van der Waals surface area contributed by atoms with E-state index in [4.69, 9.17) is 4.74 Å². The van der Waals surface area contributed by atoms with Crippen molar-refractivity contribution in [1.82, 2.24) is 0 Å². The largest absolute Gasteiger partial charge is 0.427 e. The van der Waals surface area contributed by atoms with Gasteiger partial charge in [0.15, 0.2) is 0 Å². The fourth-order valence-electron chi connectivity index (χ4n) is 2.57. The molecule has 0 saturated heterocycles. The first kappa shape index (κ1) is 16.7. The lowest BCUT2D eigenvalue weighted by Crippen LogP contribution is -2.05. The van der Waals surface area contributed by atoms with Crippen molar-refractivity contribution in [2.24, 2.45) is 0 Å². The van der Waals surface area contributed by atoms with E-state index in [0.717, 1.165) is 22.3 Å². The van der Waals surface area contributed by atoms with Crippen LogP contribution in [0.4, 0.5) is 0 Å². The van der Waals surface area contributed by atoms with E-state index < -0.39 is 0 Å². The second-order valence-electron chi connectivity index (χ2n) is 5.69. The molecule has 3 rings (SSSR count). The van der Waals surface area contributed by atoms with Crippen LogP contribution >= 0.6 is 0 Å². The maximum absolute atomic E-state index is 11.4. The molecular formula is C23H20O2. The van der Waals surface area contributed by atoms with Crippen LogP contribution in [0.2, 0.25) is 0 Å². The Morgan fingerprint density at radius 3 is 1.80 bits per heavy atom. The normalized spacial score (nSPS) is 10.1. The van der Waals surface area contributed by atoms with Gasteiger partial charge in [-0.2, -0.15) is 0 Å². The summed E-state index contributed by atoms with van der Waals surface area (Å²) in [4.78, 5) is 11.4. The number of hydrogen-bond donors (Lipinski definition) is 0. The van der Waals surface area contributed by atoms with Gasteiger partial charge >= 0.3 is 5.97 Å². The molecule has 0 bridgehead atoms. The van der Waals surface area contributed by atoms with Crippen molar-refractivity contribution in [3.63, 3.8) is 0 Å². The van der Waals surface area contributed by atoms with Crippen molar-refractivity contribution >= 4 is 17.6 Å². The van der Waals surface area contributed by atoms with Crippen molar-refractivity contribution < 1.29 is 9.53 Å². The van der Waals surface area contributed by atoms with Gasteiger partial charge in [0.2, 0.25) is 0 Å². The Morgan fingerprint density at radius 2 is 1.32 bits per heavy atom. The third kappa shape index (κ3) is 4.45. The molecule has 3 aromatic rings. The van der Waals surface area contributed by atoms with E-state index in [0.29, 0.717) is 12.2 Å². The zero-order chi connectivity index (χ0) is 17.5. The average molecular weight is 328 g/mol. The molecule has 0 fully saturated rings. The summed E-state index contributed by atoms with van der Waals surface area (Å²) >= 11 is 0. The highest BCUT2D eigenvalue weighted by Crippen LogP contribution is 2.26. The van der Waals surface area contributed by atoms with Gasteiger partial charge < -0.3 is 4.74 Å². The van der Waals surface area contributed by atoms with E-state index >= 15 is 0 Å². The molecule has 0 N–H and O–H groups in total. The smallest absolute Gasteiger partial charge is 0.310 e. The van der Waals surface area contributed by atoms with Crippen LogP contribution in [-0.4, -0.2) is 5.97 Å². The molecule has 0 amide bonds. The summed E-state index contributed by atoms with van der Waals surface area (Å²) in [5, 5.41) is 0. The molecule has 3 aromatic carbocycles. The van der Waals surface area contributed by atoms with Crippen LogP contribution in [0, 0.1) is 0 Å². The fraction of sp³-hybridized carbons (Fsp3) is 0.0870. The fourth-order valence-corrected chi connectivity index (χ4v) is 2.57. The lowest BCUT2D eigenvalue weighted by Gasteiger charge is -2.09. The Labute approximate surface area is 148 Å². The van der Waals surface area contributed by atoms with Crippen LogP contribution in [-0.2, 0) is 4.79 Å². The molecule has 0 radical (unpaired) electrons. The Hall–Kier alpha value is -3.13. The Bertz CT molecular complexity index is 806. The summed E-state index contributed by atoms with van der Waals surface area (Å²) in [7, 11) is 0. The van der Waals surface area contributed by atoms with Crippen LogP contribution in [0.3, 0.4) is 0 Å². The predicted octanol–water partition coefficient (Wildman–Crippen LogP) is 5.59. The number of ether oxygens (including phenoxy) is 1. The topological polar surface area (TPSA) is 26.3 Å². The maximum atomic E-state index is 11.4. The van der Waals surface area contributed by atoms with Crippen molar-refractivity contribution in [1.29, 1.82) is 0 Å². The zero-order valence-corrected chi connectivity index (χ0v) is 14.2. The number of benzene rings is 3. The molecule has 0 atom stereocenters. The first-order valence-electron chi connectivity index (χ1n) is 8.39. The molecule has 0 spiro atoms. The second-order valence-corrected chi connectivity index (χ2v) is 5.69. The van der Waals surface area contributed by atoms with Gasteiger partial charge in [0.05, 0.1) is 0 Å². The quantitative estimate of drug-likeness (QED) is 0.347. The highest BCUT2D eigenvalue weighted by Gasteiger charge is 2.05. The number of carbonyl (C=O) groups excluding carboxylic acids is 1. The van der Waals surface area contributed by atoms with Crippen LogP contribution in [0.5, 0.6) is 5.75 Å². The van der Waals surface area contributed by atoms with E-state index in [1.165, 1.54) is 0 Å². The lowest BCUT2D eigenvalue weighted by molar-refractivity contribution is -0.134. The molecule has 124 valence electrons. The minimum atomic E-state index is -0.224. The first-order chi connectivity index (χ1) is 12.3. The minimum absolute atomic E-state index is 0.224. The summed E-state index contributed by atoms with van der Waals surface area (Å²) in [5.74, 6) is 0.350. The monoisotopic (exact) mass is 328 g/mol. The maximum Gasteiger partial charge on any atom is 0.310 e. The molecule has 2 nitrogen and oxygen atoms in total. The van der Waals surface area contributed by atoms with Crippen LogP contribution in [0.25, 0.3) is 11.6 Å². The van der Waals surface area contributed by atoms with Crippen LogP contribution in [0.1, 0.15) is 30.0 Å². The van der Waals surface area contributed by atoms with E-state index in [1.54, 1.807) is 6.92 Å². The van der Waals surface area contributed by atoms with Crippen molar-refractivity contribution in [2.75, 3.05) is 0 Å². The summed E-state index contributed by atoms with van der Waals surface area (Å²) in [6.07, 6.45) is 2.52. The number of esters is 1. The van der Waals surface area contributed by atoms with Crippen LogP contribution in [0.15, 0.2) is 84.9 Å². The van der Waals surface area contributed by atoms with Gasteiger partial charge in [0.25, 0.3) is 0 Å². The minimum Gasteiger partial charge on any atom is -0.427 e. The molecule has 0 aliphatic rings. The molecule has 0 saturated carbocycles. The highest BCUT2D eigenvalue weighted by atomic mass is 16.5. The van der Waals surface area contributed by atoms with Crippen molar-refractivity contribution in [3.8, 4) is 5.75 Å². The molecular weight excluding hydrogens is 308 g/mol. The summed E-state index contributed by atoms with van der Waals surface area (Å²) in [6, 6.07) is 28.2. The zero-order valence-electron chi connectivity index (χ0n) is 14.2. The van der Waals surface area contributed by atoms with Gasteiger partial charge in [-0.25, -0.2) is 0 Å². The Morgan fingerprint density at radius 1 is 0.800 bits per heavy atom. The summed E-state index contributed by atoms with van der Waals surface area (Å²) < 4.78 is 5.23. The van der Waals surface area contributed by atoms with Crippen LogP contribution < -0.4 is 4.74 Å². The Kier molecular flexibility index (Phi) is 5.43. The predicted molar refractivity (Wildman–Crippen MR) is 102 cm³/mol. The van der Waals surface area contributed by atoms with Crippen molar-refractivity contribution in [3.05, 3.63) is 102 Å². The third-order valence-corrected chi connectivity index (χ3v) is 3.88. The molecule has 2 heteroatoms.